The molecule has 0 aliphatic rings. The van der Waals surface area contributed by atoms with Crippen molar-refractivity contribution in [1.29, 1.82) is 0 Å². The first-order valence-electron chi connectivity index (χ1n) is 11.7. The Labute approximate surface area is 222 Å². The predicted octanol–water partition coefficient (Wildman–Crippen LogP) is 5.98. The molecule has 0 fully saturated rings. The van der Waals surface area contributed by atoms with Gasteiger partial charge in [-0.1, -0.05) is 30.3 Å². The molecule has 0 radical (unpaired) electrons. The van der Waals surface area contributed by atoms with Gasteiger partial charge in [-0.05, 0) is 48.5 Å². The molecule has 12 nitrogen and oxygen atoms in total. The molecule has 5 aromatic rings. The average molecular weight is 523 g/mol. The fourth-order valence-electron chi connectivity index (χ4n) is 3.50. The van der Waals surface area contributed by atoms with Gasteiger partial charge in [0.1, 0.15) is 17.3 Å². The number of aromatic nitrogens is 3. The van der Waals surface area contributed by atoms with E-state index in [0.717, 1.165) is 17.1 Å². The number of para-hydroxylation sites is 1. The van der Waals surface area contributed by atoms with Gasteiger partial charge in [-0.3, -0.25) is 10.1 Å². The number of hydrogen-bond donors (Lipinski definition) is 3. The highest BCUT2D eigenvalue weighted by Crippen LogP contribution is 2.25. The molecular weight excluding hydrogens is 500 g/mol. The first kappa shape index (κ1) is 24.9. The van der Waals surface area contributed by atoms with E-state index in [1.54, 1.807) is 31.4 Å². The molecular formula is C27H22N8O4. The molecule has 0 atom stereocenters. The van der Waals surface area contributed by atoms with Crippen LogP contribution in [0.1, 0.15) is 5.76 Å². The number of hydrogen-bond acceptors (Lipinski definition) is 11. The van der Waals surface area contributed by atoms with Crippen molar-refractivity contribution < 1.29 is 14.1 Å². The topological polar surface area (TPSA) is 153 Å². The Balaban J connectivity index is 1.34. The lowest BCUT2D eigenvalue weighted by atomic mass is 10.1. The minimum absolute atomic E-state index is 0.0189. The molecule has 12 heteroatoms. The van der Waals surface area contributed by atoms with Crippen LogP contribution in [0.2, 0.25) is 0 Å². The molecule has 0 aliphatic carbocycles. The third-order valence-electron chi connectivity index (χ3n) is 5.34. The maximum Gasteiger partial charge on any atom is 0.270 e. The zero-order valence-corrected chi connectivity index (χ0v) is 20.6. The molecule has 0 aliphatic heterocycles. The average Bonchev–Trinajstić information content (AvgIpc) is 3.43. The third kappa shape index (κ3) is 6.51. The van der Waals surface area contributed by atoms with Gasteiger partial charge in [-0.25, -0.2) is 5.43 Å². The summed E-state index contributed by atoms with van der Waals surface area (Å²) in [5.41, 5.74) is 4.92. The Morgan fingerprint density at radius 1 is 0.846 bits per heavy atom. The first-order chi connectivity index (χ1) is 19.1. The summed E-state index contributed by atoms with van der Waals surface area (Å²) < 4.78 is 11.0. The summed E-state index contributed by atoms with van der Waals surface area (Å²) in [6, 6.07) is 26.4. The summed E-state index contributed by atoms with van der Waals surface area (Å²) in [4.78, 5) is 23.9. The molecule has 39 heavy (non-hydrogen) atoms. The van der Waals surface area contributed by atoms with Gasteiger partial charge in [0.25, 0.3) is 5.69 Å². The monoisotopic (exact) mass is 522 g/mol. The van der Waals surface area contributed by atoms with Gasteiger partial charge in [0.2, 0.25) is 17.8 Å². The molecule has 194 valence electrons. The summed E-state index contributed by atoms with van der Waals surface area (Å²) in [5.74, 6) is 2.40. The van der Waals surface area contributed by atoms with Gasteiger partial charge >= 0.3 is 0 Å². The molecule has 0 bridgehead atoms. The number of nitro benzene ring substituents is 1. The van der Waals surface area contributed by atoms with E-state index in [0.29, 0.717) is 23.0 Å². The maximum absolute atomic E-state index is 11.1. The van der Waals surface area contributed by atoms with Crippen LogP contribution in [0.25, 0.3) is 11.3 Å². The van der Waals surface area contributed by atoms with E-state index in [-0.39, 0.29) is 17.6 Å². The van der Waals surface area contributed by atoms with E-state index in [9.17, 15) is 10.1 Å². The number of nitrogens with zero attached hydrogens (tertiary/aromatic N) is 5. The fourth-order valence-corrected chi connectivity index (χ4v) is 3.50. The van der Waals surface area contributed by atoms with Crippen LogP contribution in [0.3, 0.4) is 0 Å². The van der Waals surface area contributed by atoms with Crippen LogP contribution < -0.4 is 20.8 Å². The smallest absolute Gasteiger partial charge is 0.270 e. The van der Waals surface area contributed by atoms with Crippen molar-refractivity contribution in [2.75, 3.05) is 23.2 Å². The Kier molecular flexibility index (Phi) is 7.35. The third-order valence-corrected chi connectivity index (χ3v) is 5.34. The van der Waals surface area contributed by atoms with E-state index >= 15 is 0 Å². The molecule has 0 unspecified atom stereocenters. The normalized spacial score (nSPS) is 10.8. The van der Waals surface area contributed by atoms with Crippen LogP contribution in [0, 0.1) is 10.1 Å². The maximum atomic E-state index is 11.1. The standard InChI is InChI=1S/C27H22N8O4/c1-38-22-12-10-20(11-13-22)30-26-31-25(29-19-7-3-2-4-8-19)32-27(33-26)34-28-17-23-14-15-24(39-23)18-6-5-9-21(16-18)35(36)37/h2-17H,1H3,(H3,29,30,31,32,33,34)/b28-17-. The van der Waals surface area contributed by atoms with Gasteiger partial charge in [-0.2, -0.15) is 20.1 Å². The van der Waals surface area contributed by atoms with E-state index in [1.807, 2.05) is 54.6 Å². The van der Waals surface area contributed by atoms with Crippen LogP contribution in [0.5, 0.6) is 5.75 Å². The summed E-state index contributed by atoms with van der Waals surface area (Å²) in [6.45, 7) is 0. The number of anilines is 5. The number of non-ortho nitro benzene ring substituents is 1. The number of rotatable bonds is 10. The number of nitro groups is 1. The lowest BCUT2D eigenvalue weighted by Crippen LogP contribution is -2.07. The quantitative estimate of drug-likeness (QED) is 0.113. The molecule has 5 rings (SSSR count). The Morgan fingerprint density at radius 2 is 1.54 bits per heavy atom. The molecule has 3 aromatic carbocycles. The summed E-state index contributed by atoms with van der Waals surface area (Å²) >= 11 is 0. The summed E-state index contributed by atoms with van der Waals surface area (Å²) in [6.07, 6.45) is 1.45. The zero-order chi connectivity index (χ0) is 27.0. The fraction of sp³-hybridized carbons (Fsp3) is 0.0370. The lowest BCUT2D eigenvalue weighted by molar-refractivity contribution is -0.384. The number of methoxy groups -OCH3 is 1. The molecule has 2 aromatic heterocycles. The van der Waals surface area contributed by atoms with E-state index < -0.39 is 4.92 Å². The van der Waals surface area contributed by atoms with Crippen LogP contribution in [-0.4, -0.2) is 33.2 Å². The number of furan rings is 1. The molecule has 0 amide bonds. The highest BCUT2D eigenvalue weighted by Gasteiger charge is 2.11. The van der Waals surface area contributed by atoms with Gasteiger partial charge < -0.3 is 19.8 Å². The van der Waals surface area contributed by atoms with E-state index in [2.05, 4.69) is 36.1 Å². The molecule has 0 spiro atoms. The predicted molar refractivity (Wildman–Crippen MR) is 148 cm³/mol. The van der Waals surface area contributed by atoms with Crippen molar-refractivity contribution in [2.45, 2.75) is 0 Å². The minimum Gasteiger partial charge on any atom is -0.497 e. The Bertz CT molecular complexity index is 1600. The SMILES string of the molecule is COc1ccc(Nc2nc(N/N=C\c3ccc(-c4cccc([N+](=O)[O-])c4)o3)nc(Nc3ccccc3)n2)cc1. The first-order valence-corrected chi connectivity index (χ1v) is 11.7. The highest BCUT2D eigenvalue weighted by molar-refractivity contribution is 5.78. The molecule has 2 heterocycles. The van der Waals surface area contributed by atoms with Crippen molar-refractivity contribution in [3.63, 3.8) is 0 Å². The molecule has 3 N–H and O–H groups in total. The number of benzene rings is 3. The summed E-state index contributed by atoms with van der Waals surface area (Å²) in [5, 5.41) is 21.5. The van der Waals surface area contributed by atoms with E-state index in [4.69, 9.17) is 9.15 Å². The number of ether oxygens (including phenoxy) is 1. The van der Waals surface area contributed by atoms with Crippen LogP contribution >= 0.6 is 0 Å². The van der Waals surface area contributed by atoms with Crippen LogP contribution in [0.15, 0.2) is 101 Å². The van der Waals surface area contributed by atoms with E-state index in [1.165, 1.54) is 18.3 Å². The second-order valence-electron chi connectivity index (χ2n) is 8.03. The number of nitrogens with one attached hydrogen (secondary N) is 3. The van der Waals surface area contributed by atoms with Gasteiger partial charge in [0, 0.05) is 29.1 Å². The summed E-state index contributed by atoms with van der Waals surface area (Å²) in [7, 11) is 1.60. The molecule has 0 saturated carbocycles. The lowest BCUT2D eigenvalue weighted by Gasteiger charge is -2.10. The van der Waals surface area contributed by atoms with Gasteiger partial charge in [0.15, 0.2) is 0 Å². The van der Waals surface area contributed by atoms with Crippen LogP contribution in [0.4, 0.5) is 34.9 Å². The Hall–Kier alpha value is -5.78. The van der Waals surface area contributed by atoms with Gasteiger partial charge in [-0.15, -0.1) is 0 Å². The number of hydrazone groups is 1. The zero-order valence-electron chi connectivity index (χ0n) is 20.6. The van der Waals surface area contributed by atoms with Crippen molar-refractivity contribution in [3.8, 4) is 17.1 Å². The Morgan fingerprint density at radius 3 is 2.23 bits per heavy atom. The minimum atomic E-state index is -0.452. The van der Waals surface area contributed by atoms with Crippen molar-refractivity contribution in [3.05, 3.63) is 107 Å². The second kappa shape index (κ2) is 11.5. The van der Waals surface area contributed by atoms with Crippen LogP contribution in [-0.2, 0) is 0 Å². The van der Waals surface area contributed by atoms with Gasteiger partial charge in [0.05, 0.1) is 18.2 Å². The van der Waals surface area contributed by atoms with Crippen molar-refractivity contribution in [1.82, 2.24) is 15.0 Å². The van der Waals surface area contributed by atoms with Crippen molar-refractivity contribution in [2.24, 2.45) is 5.10 Å². The second-order valence-corrected chi connectivity index (χ2v) is 8.03. The largest absolute Gasteiger partial charge is 0.497 e. The van der Waals surface area contributed by atoms with Crippen molar-refractivity contribution >= 4 is 41.1 Å². The molecule has 0 saturated heterocycles. The highest BCUT2D eigenvalue weighted by atomic mass is 16.6.